The smallest absolute Gasteiger partial charge is 0.272 e. The molecule has 1 aliphatic carbocycles. The number of nitrogens with one attached hydrogen (secondary N) is 1. The maximum atomic E-state index is 13.4. The van der Waals surface area contributed by atoms with E-state index in [0.717, 1.165) is 37.7 Å². The number of benzene rings is 1. The average molecular weight is 370 g/mol. The summed E-state index contributed by atoms with van der Waals surface area (Å²) in [7, 11) is 0. The van der Waals surface area contributed by atoms with Gasteiger partial charge in [-0.25, -0.2) is 4.39 Å². The van der Waals surface area contributed by atoms with Crippen molar-refractivity contribution >= 4 is 11.8 Å². The molecule has 1 N–H and O–H groups in total. The Morgan fingerprint density at radius 1 is 1.19 bits per heavy atom. The molecule has 27 heavy (non-hydrogen) atoms. The summed E-state index contributed by atoms with van der Waals surface area (Å²) in [4.78, 5) is 27.1. The van der Waals surface area contributed by atoms with E-state index in [0.29, 0.717) is 25.3 Å². The van der Waals surface area contributed by atoms with Crippen molar-refractivity contribution in [3.63, 3.8) is 0 Å². The minimum Gasteiger partial charge on any atom is -0.348 e. The normalized spacial score (nSPS) is 17.7. The third kappa shape index (κ3) is 3.86. The average Bonchev–Trinajstić information content (AvgIpc) is 3.27. The van der Waals surface area contributed by atoms with Crippen LogP contribution in [0, 0.1) is 5.82 Å². The number of carbonyl (C=O) groups is 2. The summed E-state index contributed by atoms with van der Waals surface area (Å²) in [6.45, 7) is 1.49. The molecule has 1 aromatic carbocycles. The van der Waals surface area contributed by atoms with E-state index in [1.165, 1.54) is 12.1 Å². The van der Waals surface area contributed by atoms with Gasteiger partial charge in [-0.2, -0.15) is 5.10 Å². The topological polar surface area (TPSA) is 67.2 Å². The zero-order chi connectivity index (χ0) is 18.8. The highest BCUT2D eigenvalue weighted by molar-refractivity contribution is 5.98. The molecular formula is C20H23FN4O2. The first-order chi connectivity index (χ1) is 13.1. The van der Waals surface area contributed by atoms with Crippen LogP contribution in [0.2, 0.25) is 0 Å². The SMILES string of the molecule is O=C(NC1CCCC1)c1cc2n(n1)CCCN(Cc1cccc(F)c1)C2=O. The van der Waals surface area contributed by atoms with Crippen LogP contribution in [-0.4, -0.2) is 39.1 Å². The van der Waals surface area contributed by atoms with Crippen molar-refractivity contribution in [1.82, 2.24) is 20.0 Å². The van der Waals surface area contributed by atoms with Crippen molar-refractivity contribution in [2.45, 2.75) is 51.2 Å². The first kappa shape index (κ1) is 17.7. The molecule has 0 unspecified atom stereocenters. The molecule has 0 atom stereocenters. The molecule has 4 rings (SSSR count). The monoisotopic (exact) mass is 370 g/mol. The van der Waals surface area contributed by atoms with Gasteiger partial charge < -0.3 is 10.2 Å². The molecule has 0 bridgehead atoms. The number of amides is 2. The molecule has 1 aliphatic heterocycles. The van der Waals surface area contributed by atoms with Crippen molar-refractivity contribution in [1.29, 1.82) is 0 Å². The molecule has 1 fully saturated rings. The van der Waals surface area contributed by atoms with Crippen LogP contribution in [0.3, 0.4) is 0 Å². The summed E-state index contributed by atoms with van der Waals surface area (Å²) in [5.74, 6) is -0.707. The fraction of sp³-hybridized carbons (Fsp3) is 0.450. The molecule has 0 spiro atoms. The summed E-state index contributed by atoms with van der Waals surface area (Å²) >= 11 is 0. The van der Waals surface area contributed by atoms with Crippen molar-refractivity contribution in [3.8, 4) is 0 Å². The van der Waals surface area contributed by atoms with Gasteiger partial charge in [0.1, 0.15) is 11.5 Å². The molecule has 1 saturated carbocycles. The quantitative estimate of drug-likeness (QED) is 0.900. The maximum Gasteiger partial charge on any atom is 0.272 e. The summed E-state index contributed by atoms with van der Waals surface area (Å²) in [6, 6.07) is 8.06. The molecule has 2 amide bonds. The lowest BCUT2D eigenvalue weighted by Gasteiger charge is -2.20. The Morgan fingerprint density at radius 2 is 2.00 bits per heavy atom. The molecular weight excluding hydrogens is 347 g/mol. The Kier molecular flexibility index (Phi) is 4.92. The summed E-state index contributed by atoms with van der Waals surface area (Å²) < 4.78 is 15.1. The fourth-order valence-corrected chi connectivity index (χ4v) is 3.88. The number of hydrogen-bond donors (Lipinski definition) is 1. The zero-order valence-electron chi connectivity index (χ0n) is 15.2. The standard InChI is InChI=1S/C20H23FN4O2/c21-15-6-3-5-14(11-15)13-24-9-4-10-25-18(20(24)27)12-17(23-25)19(26)22-16-7-1-2-8-16/h3,5-6,11-12,16H,1-2,4,7-10,13H2,(H,22,26). The highest BCUT2D eigenvalue weighted by Gasteiger charge is 2.27. The summed E-state index contributed by atoms with van der Waals surface area (Å²) in [5, 5.41) is 7.37. The Morgan fingerprint density at radius 3 is 2.78 bits per heavy atom. The molecule has 6 nitrogen and oxygen atoms in total. The van der Waals surface area contributed by atoms with E-state index in [2.05, 4.69) is 10.4 Å². The van der Waals surface area contributed by atoms with E-state index in [9.17, 15) is 14.0 Å². The van der Waals surface area contributed by atoms with Gasteiger partial charge in [0.2, 0.25) is 0 Å². The van der Waals surface area contributed by atoms with Crippen LogP contribution in [0.1, 0.15) is 58.6 Å². The summed E-state index contributed by atoms with van der Waals surface area (Å²) in [5.41, 5.74) is 1.45. The molecule has 0 saturated heterocycles. The van der Waals surface area contributed by atoms with E-state index < -0.39 is 0 Å². The Bertz CT molecular complexity index is 857. The van der Waals surface area contributed by atoms with E-state index in [1.807, 2.05) is 0 Å². The minimum absolute atomic E-state index is 0.177. The minimum atomic E-state index is -0.314. The van der Waals surface area contributed by atoms with Crippen molar-refractivity contribution < 1.29 is 14.0 Å². The summed E-state index contributed by atoms with van der Waals surface area (Å²) in [6.07, 6.45) is 5.01. The fourth-order valence-electron chi connectivity index (χ4n) is 3.88. The lowest BCUT2D eigenvalue weighted by atomic mass is 10.2. The van der Waals surface area contributed by atoms with E-state index in [-0.39, 0.29) is 29.4 Å². The second kappa shape index (κ2) is 7.50. The Hall–Kier alpha value is -2.70. The van der Waals surface area contributed by atoms with E-state index >= 15 is 0 Å². The predicted octanol–water partition coefficient (Wildman–Crippen LogP) is 2.74. The third-order valence-corrected chi connectivity index (χ3v) is 5.27. The van der Waals surface area contributed by atoms with Crippen LogP contribution in [-0.2, 0) is 13.1 Å². The van der Waals surface area contributed by atoms with Crippen LogP contribution in [0.25, 0.3) is 0 Å². The van der Waals surface area contributed by atoms with Gasteiger partial charge in [-0.05, 0) is 37.0 Å². The van der Waals surface area contributed by atoms with Crippen LogP contribution in [0.5, 0.6) is 0 Å². The van der Waals surface area contributed by atoms with Gasteiger partial charge in [0.15, 0.2) is 5.69 Å². The number of aromatic nitrogens is 2. The Labute approximate surface area is 157 Å². The van der Waals surface area contributed by atoms with Crippen molar-refractivity contribution in [3.05, 3.63) is 53.1 Å². The van der Waals surface area contributed by atoms with Gasteiger partial charge in [-0.1, -0.05) is 25.0 Å². The number of carbonyl (C=O) groups excluding carboxylic acids is 2. The number of aryl methyl sites for hydroxylation is 1. The highest BCUT2D eigenvalue weighted by atomic mass is 19.1. The largest absolute Gasteiger partial charge is 0.348 e. The number of fused-ring (bicyclic) bond motifs is 1. The number of nitrogens with zero attached hydrogens (tertiary/aromatic N) is 3. The van der Waals surface area contributed by atoms with Gasteiger partial charge in [-0.3, -0.25) is 14.3 Å². The van der Waals surface area contributed by atoms with E-state index in [4.69, 9.17) is 0 Å². The Balaban J connectivity index is 1.51. The molecule has 2 aliphatic rings. The van der Waals surface area contributed by atoms with Gasteiger partial charge in [0.05, 0.1) is 0 Å². The molecule has 2 aromatic rings. The third-order valence-electron chi connectivity index (χ3n) is 5.27. The number of hydrogen-bond acceptors (Lipinski definition) is 3. The van der Waals surface area contributed by atoms with Crippen LogP contribution >= 0.6 is 0 Å². The van der Waals surface area contributed by atoms with Crippen molar-refractivity contribution in [2.24, 2.45) is 0 Å². The predicted molar refractivity (Wildman–Crippen MR) is 97.7 cm³/mol. The van der Waals surface area contributed by atoms with Gasteiger partial charge in [0.25, 0.3) is 11.8 Å². The van der Waals surface area contributed by atoms with Crippen LogP contribution < -0.4 is 5.32 Å². The first-order valence-corrected chi connectivity index (χ1v) is 9.52. The maximum absolute atomic E-state index is 13.4. The molecule has 142 valence electrons. The zero-order valence-corrected chi connectivity index (χ0v) is 15.2. The number of rotatable bonds is 4. The molecule has 0 radical (unpaired) electrons. The molecule has 1 aromatic heterocycles. The second-order valence-corrected chi connectivity index (χ2v) is 7.30. The van der Waals surface area contributed by atoms with Gasteiger partial charge in [-0.15, -0.1) is 0 Å². The number of halogens is 1. The van der Waals surface area contributed by atoms with Crippen LogP contribution in [0.15, 0.2) is 30.3 Å². The lowest BCUT2D eigenvalue weighted by molar-refractivity contribution is 0.0745. The molecule has 2 heterocycles. The molecule has 7 heteroatoms. The van der Waals surface area contributed by atoms with Crippen molar-refractivity contribution in [2.75, 3.05) is 6.54 Å². The highest BCUT2D eigenvalue weighted by Crippen LogP contribution is 2.20. The van der Waals surface area contributed by atoms with Gasteiger partial charge in [0, 0.05) is 31.7 Å². The van der Waals surface area contributed by atoms with Gasteiger partial charge >= 0.3 is 0 Å². The first-order valence-electron chi connectivity index (χ1n) is 9.52. The van der Waals surface area contributed by atoms with E-state index in [1.54, 1.807) is 27.8 Å². The lowest BCUT2D eigenvalue weighted by Crippen LogP contribution is -2.33. The van der Waals surface area contributed by atoms with Crippen LogP contribution in [0.4, 0.5) is 4.39 Å². The second-order valence-electron chi connectivity index (χ2n) is 7.30.